The van der Waals surface area contributed by atoms with E-state index in [1.54, 1.807) is 0 Å². The van der Waals surface area contributed by atoms with Crippen molar-refractivity contribution in [2.75, 3.05) is 36.8 Å². The van der Waals surface area contributed by atoms with Crippen LogP contribution in [-0.2, 0) is 13.6 Å². The Bertz CT molecular complexity index is 830. The molecule has 2 aromatic heterocycles. The average molecular weight is 359 g/mol. The minimum atomic E-state index is -0.225. The number of aromatic amines is 1. The summed E-state index contributed by atoms with van der Waals surface area (Å²) >= 11 is 0. The van der Waals surface area contributed by atoms with E-state index in [4.69, 9.17) is 11.5 Å². The normalized spacial score (nSPS) is 23.8. The second kappa shape index (κ2) is 6.69. The summed E-state index contributed by atoms with van der Waals surface area (Å²) in [6.07, 6.45) is 1.99. The van der Waals surface area contributed by atoms with Gasteiger partial charge in [-0.3, -0.25) is 14.7 Å². The van der Waals surface area contributed by atoms with Gasteiger partial charge in [-0.2, -0.15) is 4.98 Å². The Labute approximate surface area is 151 Å². The number of rotatable bonds is 4. The molecule has 140 valence electrons. The van der Waals surface area contributed by atoms with E-state index in [1.165, 1.54) is 6.07 Å². The molecule has 2 aliphatic rings. The smallest absolute Gasteiger partial charge is 0.254 e. The molecule has 0 atom stereocenters. The topological polar surface area (TPSA) is 135 Å². The van der Waals surface area contributed by atoms with E-state index >= 15 is 0 Å². The largest absolute Gasteiger partial charge is 0.369 e. The van der Waals surface area contributed by atoms with Crippen LogP contribution in [0.15, 0.2) is 10.9 Å². The van der Waals surface area contributed by atoms with E-state index in [9.17, 15) is 4.79 Å². The number of nitrogens with two attached hydrogens (primary N) is 2. The molecule has 2 fully saturated rings. The first kappa shape index (κ1) is 17.0. The average Bonchev–Trinajstić information content (AvgIpc) is 2.92. The lowest BCUT2D eigenvalue weighted by Gasteiger charge is -2.35. The number of hydrogen-bond acceptors (Lipinski definition) is 8. The zero-order chi connectivity index (χ0) is 18.3. The SMILES string of the molecule is Cn1c(CN2CCN(c3cc(=O)[nH]c(N)n3)CC2)nnc1C1CC(N)C1. The summed E-state index contributed by atoms with van der Waals surface area (Å²) in [4.78, 5) is 22.7. The van der Waals surface area contributed by atoms with E-state index in [2.05, 4.69) is 34.5 Å². The summed E-state index contributed by atoms with van der Waals surface area (Å²) in [6, 6.07) is 1.80. The highest BCUT2D eigenvalue weighted by molar-refractivity contribution is 5.41. The van der Waals surface area contributed by atoms with E-state index in [1.807, 2.05) is 7.05 Å². The second-order valence-corrected chi connectivity index (χ2v) is 7.21. The third kappa shape index (κ3) is 3.29. The molecule has 2 aromatic rings. The van der Waals surface area contributed by atoms with Gasteiger partial charge < -0.3 is 20.9 Å². The van der Waals surface area contributed by atoms with Crippen molar-refractivity contribution < 1.29 is 0 Å². The van der Waals surface area contributed by atoms with Gasteiger partial charge in [0.25, 0.3) is 5.56 Å². The van der Waals surface area contributed by atoms with Crippen LogP contribution in [0.5, 0.6) is 0 Å². The molecule has 5 N–H and O–H groups in total. The van der Waals surface area contributed by atoms with Crippen LogP contribution in [0.3, 0.4) is 0 Å². The zero-order valence-electron chi connectivity index (χ0n) is 14.9. The van der Waals surface area contributed by atoms with Gasteiger partial charge in [0.15, 0.2) is 0 Å². The van der Waals surface area contributed by atoms with E-state index in [0.717, 1.165) is 57.2 Å². The summed E-state index contributed by atoms with van der Waals surface area (Å²) in [7, 11) is 2.04. The molecule has 10 nitrogen and oxygen atoms in total. The highest BCUT2D eigenvalue weighted by Crippen LogP contribution is 2.34. The van der Waals surface area contributed by atoms with Crippen LogP contribution in [-0.4, -0.2) is 61.9 Å². The molecule has 1 aliphatic heterocycles. The molecule has 1 aliphatic carbocycles. The summed E-state index contributed by atoms with van der Waals surface area (Å²) in [5.74, 6) is 3.25. The van der Waals surface area contributed by atoms with Crippen LogP contribution >= 0.6 is 0 Å². The third-order valence-electron chi connectivity index (χ3n) is 5.35. The van der Waals surface area contributed by atoms with Crippen molar-refractivity contribution in [3.63, 3.8) is 0 Å². The Balaban J connectivity index is 1.36. The Morgan fingerprint density at radius 1 is 1.23 bits per heavy atom. The van der Waals surface area contributed by atoms with Gasteiger partial charge in [-0.1, -0.05) is 0 Å². The van der Waals surface area contributed by atoms with Gasteiger partial charge in [0.1, 0.15) is 17.5 Å². The Morgan fingerprint density at radius 3 is 2.62 bits per heavy atom. The van der Waals surface area contributed by atoms with E-state index in [0.29, 0.717) is 17.8 Å². The quantitative estimate of drug-likeness (QED) is 0.633. The first-order valence-corrected chi connectivity index (χ1v) is 8.97. The van der Waals surface area contributed by atoms with Gasteiger partial charge in [-0.05, 0) is 12.8 Å². The van der Waals surface area contributed by atoms with Crippen molar-refractivity contribution >= 4 is 11.8 Å². The van der Waals surface area contributed by atoms with Crippen LogP contribution < -0.4 is 21.9 Å². The highest BCUT2D eigenvalue weighted by Gasteiger charge is 2.31. The number of hydrogen-bond donors (Lipinski definition) is 3. The maximum atomic E-state index is 11.6. The summed E-state index contributed by atoms with van der Waals surface area (Å²) in [5, 5.41) is 8.76. The minimum Gasteiger partial charge on any atom is -0.369 e. The van der Waals surface area contributed by atoms with Gasteiger partial charge in [-0.15, -0.1) is 10.2 Å². The van der Waals surface area contributed by atoms with Crippen molar-refractivity contribution in [3.05, 3.63) is 28.1 Å². The Kier molecular flexibility index (Phi) is 4.37. The first-order chi connectivity index (χ1) is 12.5. The van der Waals surface area contributed by atoms with Gasteiger partial charge in [0.05, 0.1) is 6.54 Å². The maximum Gasteiger partial charge on any atom is 0.254 e. The number of nitrogen functional groups attached to an aromatic ring is 1. The predicted octanol–water partition coefficient (Wildman–Crippen LogP) is -0.992. The van der Waals surface area contributed by atoms with Crippen LogP contribution in [0.2, 0.25) is 0 Å². The summed E-state index contributed by atoms with van der Waals surface area (Å²) in [5.41, 5.74) is 11.3. The van der Waals surface area contributed by atoms with Crippen molar-refractivity contribution in [1.82, 2.24) is 29.6 Å². The van der Waals surface area contributed by atoms with Crippen molar-refractivity contribution in [2.45, 2.75) is 31.3 Å². The summed E-state index contributed by atoms with van der Waals surface area (Å²) in [6.45, 7) is 4.08. The highest BCUT2D eigenvalue weighted by atomic mass is 16.1. The number of aromatic nitrogens is 5. The van der Waals surface area contributed by atoms with E-state index in [-0.39, 0.29) is 11.5 Å². The lowest BCUT2D eigenvalue weighted by Crippen LogP contribution is -2.46. The van der Waals surface area contributed by atoms with Crippen molar-refractivity contribution in [3.8, 4) is 0 Å². The standard InChI is InChI=1S/C16H25N9O/c1-23-13(21-22-15(23)10-6-11(17)7-10)9-24-2-4-25(5-3-24)12-8-14(26)20-16(18)19-12/h8,10-11H,2-7,9,17H2,1H3,(H3,18,19,20,26). The minimum absolute atomic E-state index is 0.150. The van der Waals surface area contributed by atoms with E-state index < -0.39 is 0 Å². The molecule has 0 radical (unpaired) electrons. The van der Waals surface area contributed by atoms with Crippen LogP contribution in [0.1, 0.15) is 30.4 Å². The van der Waals surface area contributed by atoms with Gasteiger partial charge in [-0.25, -0.2) is 0 Å². The number of nitrogens with zero attached hydrogens (tertiary/aromatic N) is 6. The van der Waals surface area contributed by atoms with Crippen LogP contribution in [0.4, 0.5) is 11.8 Å². The fraction of sp³-hybridized carbons (Fsp3) is 0.625. The lowest BCUT2D eigenvalue weighted by molar-refractivity contribution is 0.240. The monoisotopic (exact) mass is 359 g/mol. The number of H-pyrrole nitrogens is 1. The zero-order valence-corrected chi connectivity index (χ0v) is 14.9. The van der Waals surface area contributed by atoms with Crippen LogP contribution in [0.25, 0.3) is 0 Å². The fourth-order valence-electron chi connectivity index (χ4n) is 3.70. The molecule has 0 unspecified atom stereocenters. The fourth-order valence-corrected chi connectivity index (χ4v) is 3.70. The molecule has 1 saturated heterocycles. The molecule has 0 amide bonds. The molecular weight excluding hydrogens is 334 g/mol. The third-order valence-corrected chi connectivity index (χ3v) is 5.35. The molecule has 0 aromatic carbocycles. The van der Waals surface area contributed by atoms with Crippen LogP contribution in [0, 0.1) is 0 Å². The lowest BCUT2D eigenvalue weighted by atomic mass is 9.80. The Hall–Kier alpha value is -2.46. The molecule has 1 saturated carbocycles. The van der Waals surface area contributed by atoms with Crippen molar-refractivity contribution in [1.29, 1.82) is 0 Å². The Morgan fingerprint density at radius 2 is 1.96 bits per heavy atom. The second-order valence-electron chi connectivity index (χ2n) is 7.21. The number of piperazine rings is 1. The van der Waals surface area contributed by atoms with Gasteiger partial charge >= 0.3 is 0 Å². The van der Waals surface area contributed by atoms with Crippen molar-refractivity contribution in [2.24, 2.45) is 12.8 Å². The molecule has 0 bridgehead atoms. The molecule has 10 heteroatoms. The predicted molar refractivity (Wildman–Crippen MR) is 97.7 cm³/mol. The maximum absolute atomic E-state index is 11.6. The first-order valence-electron chi connectivity index (χ1n) is 8.97. The van der Waals surface area contributed by atoms with Gasteiger partial charge in [0, 0.05) is 51.3 Å². The molecule has 0 spiro atoms. The summed E-state index contributed by atoms with van der Waals surface area (Å²) < 4.78 is 2.11. The molecule has 3 heterocycles. The molecular formula is C16H25N9O. The number of nitrogens with one attached hydrogen (secondary N) is 1. The molecule has 4 rings (SSSR count). The molecule has 26 heavy (non-hydrogen) atoms. The van der Waals surface area contributed by atoms with Gasteiger partial charge in [0.2, 0.25) is 5.95 Å². The number of anilines is 2.